The number of likely N-dealkylation sites (N-methyl/N-ethyl adjacent to an activating group) is 1. The Kier molecular flexibility index (Phi) is 5.06. The molecule has 27 heavy (non-hydrogen) atoms. The third-order valence-electron chi connectivity index (χ3n) is 4.95. The summed E-state index contributed by atoms with van der Waals surface area (Å²) in [5.74, 6) is 0.678. The molecule has 0 heterocycles. The van der Waals surface area contributed by atoms with Crippen molar-refractivity contribution in [3.05, 3.63) is 58.1 Å². The number of carbonyl (C=O) groups is 1. The molecule has 0 spiro atoms. The van der Waals surface area contributed by atoms with E-state index >= 15 is 0 Å². The second-order valence-electron chi connectivity index (χ2n) is 7.17. The van der Waals surface area contributed by atoms with Gasteiger partial charge in [-0.3, -0.25) is 4.79 Å². The van der Waals surface area contributed by atoms with E-state index in [0.29, 0.717) is 22.9 Å². The largest absolute Gasteiger partial charge is 0.488 e. The number of amides is 1. The Morgan fingerprint density at radius 3 is 2.63 bits per heavy atom. The van der Waals surface area contributed by atoms with E-state index in [2.05, 4.69) is 0 Å². The van der Waals surface area contributed by atoms with Gasteiger partial charge in [0.25, 0.3) is 5.91 Å². The fourth-order valence-corrected chi connectivity index (χ4v) is 3.38. The lowest BCUT2D eigenvalue weighted by atomic mass is 10.2. The number of ether oxygens (including phenoxy) is 2. The molecule has 4 nitrogen and oxygen atoms in total. The number of hydrogen-bond acceptors (Lipinski definition) is 3. The Bertz CT molecular complexity index is 862. The quantitative estimate of drug-likeness (QED) is 0.631. The zero-order chi connectivity index (χ0) is 19.0. The highest BCUT2D eigenvalue weighted by Crippen LogP contribution is 2.44. The molecule has 0 aromatic heterocycles. The molecule has 0 N–H and O–H groups in total. The Morgan fingerprint density at radius 1 is 1.19 bits per heavy atom. The van der Waals surface area contributed by atoms with Crippen LogP contribution in [0.3, 0.4) is 0 Å². The lowest BCUT2D eigenvalue weighted by molar-refractivity contribution is -0.133. The Hall–Kier alpha value is -1.75. The molecule has 2 saturated carbocycles. The summed E-state index contributed by atoms with van der Waals surface area (Å²) < 4.78 is 12.0. The minimum atomic E-state index is -0.799. The highest BCUT2D eigenvalue weighted by Gasteiger charge is 2.53. The SMILES string of the molecule is CN(C(=O)C1(OCc2cc(Cl)ccc2Cl)CC1)c1ccccc1OC1CC1. The molecule has 0 unspecified atom stereocenters. The zero-order valence-corrected chi connectivity index (χ0v) is 16.6. The lowest BCUT2D eigenvalue weighted by Crippen LogP contribution is -2.40. The van der Waals surface area contributed by atoms with Gasteiger partial charge in [-0.2, -0.15) is 0 Å². The van der Waals surface area contributed by atoms with Crippen molar-refractivity contribution < 1.29 is 14.3 Å². The fourth-order valence-electron chi connectivity index (χ4n) is 3.02. The summed E-state index contributed by atoms with van der Waals surface area (Å²) in [6, 6.07) is 12.9. The van der Waals surface area contributed by atoms with Gasteiger partial charge in [-0.25, -0.2) is 0 Å². The Balaban J connectivity index is 1.47. The number of hydrogen-bond donors (Lipinski definition) is 0. The van der Waals surface area contributed by atoms with Crippen LogP contribution in [0.15, 0.2) is 42.5 Å². The van der Waals surface area contributed by atoms with Crippen LogP contribution in [0.2, 0.25) is 10.0 Å². The van der Waals surface area contributed by atoms with Gasteiger partial charge >= 0.3 is 0 Å². The number of anilines is 1. The molecule has 142 valence electrons. The second-order valence-corrected chi connectivity index (χ2v) is 8.01. The molecule has 2 aromatic rings. The average molecular weight is 406 g/mol. The van der Waals surface area contributed by atoms with Crippen molar-refractivity contribution in [3.63, 3.8) is 0 Å². The van der Waals surface area contributed by atoms with Crippen molar-refractivity contribution in [2.24, 2.45) is 0 Å². The van der Waals surface area contributed by atoms with Gasteiger partial charge in [0.1, 0.15) is 11.4 Å². The maximum Gasteiger partial charge on any atom is 0.259 e. The van der Waals surface area contributed by atoms with Crippen molar-refractivity contribution in [1.82, 2.24) is 0 Å². The van der Waals surface area contributed by atoms with E-state index < -0.39 is 5.60 Å². The van der Waals surface area contributed by atoms with E-state index in [4.69, 9.17) is 32.7 Å². The summed E-state index contributed by atoms with van der Waals surface area (Å²) in [6.07, 6.45) is 3.80. The van der Waals surface area contributed by atoms with Crippen molar-refractivity contribution in [1.29, 1.82) is 0 Å². The standard InChI is InChI=1S/C21H21Cl2NO3/c1-24(18-4-2-3-5-19(18)27-16-7-8-16)20(25)21(10-11-21)26-13-14-12-15(22)6-9-17(14)23/h2-6,9,12,16H,7-8,10-11,13H2,1H3. The number of carbonyl (C=O) groups excluding carboxylic acids is 1. The maximum absolute atomic E-state index is 13.1. The molecular formula is C21H21Cl2NO3. The molecule has 0 radical (unpaired) electrons. The van der Waals surface area contributed by atoms with Crippen LogP contribution in [0, 0.1) is 0 Å². The van der Waals surface area contributed by atoms with Crippen LogP contribution in [-0.2, 0) is 16.1 Å². The summed E-state index contributed by atoms with van der Waals surface area (Å²) in [5.41, 5.74) is 0.751. The third-order valence-corrected chi connectivity index (χ3v) is 5.56. The van der Waals surface area contributed by atoms with Gasteiger partial charge in [0, 0.05) is 17.1 Å². The number of nitrogens with zero attached hydrogens (tertiary/aromatic N) is 1. The van der Waals surface area contributed by atoms with Crippen molar-refractivity contribution in [2.45, 2.75) is 44.0 Å². The smallest absolute Gasteiger partial charge is 0.259 e. The van der Waals surface area contributed by atoms with Gasteiger partial charge in [0.05, 0.1) is 18.4 Å². The molecule has 6 heteroatoms. The summed E-state index contributed by atoms with van der Waals surface area (Å²) in [4.78, 5) is 14.8. The molecule has 1 amide bonds. The van der Waals surface area contributed by atoms with Crippen molar-refractivity contribution >= 4 is 34.8 Å². The van der Waals surface area contributed by atoms with E-state index in [-0.39, 0.29) is 18.6 Å². The number of benzene rings is 2. The molecule has 0 atom stereocenters. The fraction of sp³-hybridized carbons (Fsp3) is 0.381. The monoisotopic (exact) mass is 405 g/mol. The summed E-state index contributed by atoms with van der Waals surface area (Å²) in [6.45, 7) is 0.249. The first-order chi connectivity index (χ1) is 13.0. The van der Waals surface area contributed by atoms with Crippen molar-refractivity contribution in [3.8, 4) is 5.75 Å². The normalized spacial score (nSPS) is 17.4. The van der Waals surface area contributed by atoms with Crippen LogP contribution >= 0.6 is 23.2 Å². The summed E-state index contributed by atoms with van der Waals surface area (Å²) >= 11 is 12.2. The van der Waals surface area contributed by atoms with Crippen LogP contribution in [0.5, 0.6) is 5.75 Å². The van der Waals surface area contributed by atoms with Gasteiger partial charge in [0.2, 0.25) is 0 Å². The van der Waals surface area contributed by atoms with Crippen LogP contribution in [-0.4, -0.2) is 24.7 Å². The highest BCUT2D eigenvalue weighted by molar-refractivity contribution is 6.33. The van der Waals surface area contributed by atoms with Crippen LogP contribution in [0.1, 0.15) is 31.2 Å². The topological polar surface area (TPSA) is 38.8 Å². The second kappa shape index (κ2) is 7.34. The summed E-state index contributed by atoms with van der Waals surface area (Å²) in [5, 5.41) is 1.18. The van der Waals surface area contributed by atoms with E-state index in [1.807, 2.05) is 24.3 Å². The third kappa shape index (κ3) is 4.08. The maximum atomic E-state index is 13.1. The van der Waals surface area contributed by atoms with E-state index in [0.717, 1.165) is 29.8 Å². The van der Waals surface area contributed by atoms with E-state index in [1.165, 1.54) is 0 Å². The Morgan fingerprint density at radius 2 is 1.93 bits per heavy atom. The molecule has 4 rings (SSSR count). The highest BCUT2D eigenvalue weighted by atomic mass is 35.5. The molecule has 0 bridgehead atoms. The van der Waals surface area contributed by atoms with E-state index in [1.54, 1.807) is 30.1 Å². The first kappa shape index (κ1) is 18.6. The Labute approximate surface area is 169 Å². The molecule has 2 aliphatic rings. The van der Waals surface area contributed by atoms with Gasteiger partial charge in [-0.1, -0.05) is 35.3 Å². The van der Waals surface area contributed by atoms with Gasteiger partial charge < -0.3 is 14.4 Å². The predicted octanol–water partition coefficient (Wildman–Crippen LogP) is 5.25. The van der Waals surface area contributed by atoms with Crippen LogP contribution in [0.25, 0.3) is 0 Å². The van der Waals surface area contributed by atoms with Crippen LogP contribution in [0.4, 0.5) is 5.69 Å². The first-order valence-corrected chi connectivity index (χ1v) is 9.86. The molecule has 0 saturated heterocycles. The molecule has 2 fully saturated rings. The van der Waals surface area contributed by atoms with Gasteiger partial charge in [-0.05, 0) is 61.6 Å². The lowest BCUT2D eigenvalue weighted by Gasteiger charge is -2.25. The first-order valence-electron chi connectivity index (χ1n) is 9.10. The molecule has 2 aliphatic carbocycles. The van der Waals surface area contributed by atoms with Gasteiger partial charge in [0.15, 0.2) is 0 Å². The minimum Gasteiger partial charge on any atom is -0.488 e. The average Bonchev–Trinajstić information content (AvgIpc) is 3.58. The minimum absolute atomic E-state index is 0.0625. The summed E-state index contributed by atoms with van der Waals surface area (Å²) in [7, 11) is 1.77. The zero-order valence-electron chi connectivity index (χ0n) is 15.1. The molecular weight excluding hydrogens is 385 g/mol. The number of para-hydroxylation sites is 2. The van der Waals surface area contributed by atoms with Gasteiger partial charge in [-0.15, -0.1) is 0 Å². The predicted molar refractivity (Wildman–Crippen MR) is 107 cm³/mol. The number of halogens is 2. The molecule has 2 aromatic carbocycles. The van der Waals surface area contributed by atoms with Crippen molar-refractivity contribution in [2.75, 3.05) is 11.9 Å². The van der Waals surface area contributed by atoms with E-state index in [9.17, 15) is 4.79 Å². The number of rotatable bonds is 7. The van der Waals surface area contributed by atoms with Crippen LogP contribution < -0.4 is 9.64 Å². The molecule has 0 aliphatic heterocycles.